The van der Waals surface area contributed by atoms with Gasteiger partial charge in [0.25, 0.3) is 5.91 Å². The molecule has 1 N–H and O–H groups in total. The third kappa shape index (κ3) is 2.92. The molecule has 0 unspecified atom stereocenters. The number of carbonyl (C=O) groups excluding carboxylic acids is 1. The van der Waals surface area contributed by atoms with Gasteiger partial charge in [0.05, 0.1) is 6.20 Å². The smallest absolute Gasteiger partial charge is 0.275 e. The molecule has 0 bridgehead atoms. The molecular weight excluding hydrogens is 270 g/mol. The third-order valence-electron chi connectivity index (χ3n) is 2.72. The summed E-state index contributed by atoms with van der Waals surface area (Å²) >= 11 is 0. The summed E-state index contributed by atoms with van der Waals surface area (Å²) in [6.07, 6.45) is 4.39. The first-order valence-corrected chi connectivity index (χ1v) is 6.20. The molecule has 3 aromatic rings. The maximum atomic E-state index is 11.9. The number of benzene rings is 1. The Labute approximate surface area is 120 Å². The first-order valence-electron chi connectivity index (χ1n) is 6.20. The first-order chi connectivity index (χ1) is 10.2. The number of amides is 1. The molecule has 21 heavy (non-hydrogen) atoms. The molecule has 0 radical (unpaired) electrons. The van der Waals surface area contributed by atoms with Gasteiger partial charge < -0.3 is 9.84 Å². The minimum atomic E-state index is -0.314. The topological polar surface area (TPSA) is 93.8 Å². The maximum Gasteiger partial charge on any atom is 0.275 e. The second-order valence-electron chi connectivity index (χ2n) is 4.26. The molecule has 1 aromatic carbocycles. The van der Waals surface area contributed by atoms with Gasteiger partial charge in [-0.3, -0.25) is 9.78 Å². The average molecular weight is 281 g/mol. The molecule has 2 aromatic heterocycles. The molecule has 0 saturated carbocycles. The van der Waals surface area contributed by atoms with Gasteiger partial charge in [-0.1, -0.05) is 5.16 Å². The van der Waals surface area contributed by atoms with Gasteiger partial charge in [0.2, 0.25) is 11.7 Å². The molecule has 2 heterocycles. The fourth-order valence-corrected chi connectivity index (χ4v) is 1.73. The van der Waals surface area contributed by atoms with Gasteiger partial charge in [0.1, 0.15) is 5.69 Å². The molecule has 0 spiro atoms. The van der Waals surface area contributed by atoms with E-state index >= 15 is 0 Å². The van der Waals surface area contributed by atoms with Crippen molar-refractivity contribution in [2.45, 2.75) is 6.92 Å². The van der Waals surface area contributed by atoms with Crippen molar-refractivity contribution in [1.82, 2.24) is 20.1 Å². The SMILES string of the molecule is Cc1nc(-c2ccc(NC(=O)c3cnccn3)cc2)no1. The average Bonchev–Trinajstić information content (AvgIpc) is 2.95. The molecular formula is C14H11N5O2. The van der Waals surface area contributed by atoms with Crippen molar-refractivity contribution in [3.63, 3.8) is 0 Å². The van der Waals surface area contributed by atoms with Crippen LogP contribution in [0.25, 0.3) is 11.4 Å². The van der Waals surface area contributed by atoms with Crippen LogP contribution in [0.4, 0.5) is 5.69 Å². The van der Waals surface area contributed by atoms with E-state index in [0.717, 1.165) is 5.56 Å². The van der Waals surface area contributed by atoms with Crippen molar-refractivity contribution in [3.8, 4) is 11.4 Å². The molecule has 0 aliphatic carbocycles. The third-order valence-corrected chi connectivity index (χ3v) is 2.72. The van der Waals surface area contributed by atoms with E-state index in [9.17, 15) is 4.79 Å². The Morgan fingerprint density at radius 2 is 2.00 bits per heavy atom. The number of hydrogen-bond acceptors (Lipinski definition) is 6. The highest BCUT2D eigenvalue weighted by Crippen LogP contribution is 2.18. The van der Waals surface area contributed by atoms with Crippen LogP contribution >= 0.6 is 0 Å². The van der Waals surface area contributed by atoms with E-state index < -0.39 is 0 Å². The predicted octanol–water partition coefficient (Wildman–Crippen LogP) is 2.09. The van der Waals surface area contributed by atoms with Gasteiger partial charge >= 0.3 is 0 Å². The zero-order valence-corrected chi connectivity index (χ0v) is 11.1. The molecule has 0 fully saturated rings. The molecule has 1 amide bonds. The van der Waals surface area contributed by atoms with Crippen molar-refractivity contribution in [3.05, 3.63) is 54.4 Å². The Morgan fingerprint density at radius 3 is 2.62 bits per heavy atom. The minimum absolute atomic E-state index is 0.260. The van der Waals surface area contributed by atoms with Crippen molar-refractivity contribution in [1.29, 1.82) is 0 Å². The molecule has 7 nitrogen and oxygen atoms in total. The van der Waals surface area contributed by atoms with Crippen LogP contribution in [-0.2, 0) is 0 Å². The Morgan fingerprint density at radius 1 is 1.19 bits per heavy atom. The molecule has 0 atom stereocenters. The summed E-state index contributed by atoms with van der Waals surface area (Å²) < 4.78 is 4.93. The van der Waals surface area contributed by atoms with Crippen LogP contribution < -0.4 is 5.32 Å². The number of hydrogen-bond donors (Lipinski definition) is 1. The van der Waals surface area contributed by atoms with Gasteiger partial charge in [-0.2, -0.15) is 4.98 Å². The Balaban J connectivity index is 1.74. The summed E-state index contributed by atoms with van der Waals surface area (Å²) in [5, 5.41) is 6.57. The van der Waals surface area contributed by atoms with Gasteiger partial charge in [-0.25, -0.2) is 4.98 Å². The summed E-state index contributed by atoms with van der Waals surface area (Å²) in [6.45, 7) is 1.73. The lowest BCUT2D eigenvalue weighted by molar-refractivity contribution is 0.102. The summed E-state index contributed by atoms with van der Waals surface area (Å²) in [7, 11) is 0. The van der Waals surface area contributed by atoms with Gasteiger partial charge in [0, 0.05) is 30.6 Å². The van der Waals surface area contributed by atoms with Crippen LogP contribution in [0.1, 0.15) is 16.4 Å². The van der Waals surface area contributed by atoms with Crippen molar-refractivity contribution in [2.75, 3.05) is 5.32 Å². The van der Waals surface area contributed by atoms with Gasteiger partial charge in [-0.15, -0.1) is 0 Å². The van der Waals surface area contributed by atoms with E-state index in [1.807, 2.05) is 0 Å². The van der Waals surface area contributed by atoms with Crippen molar-refractivity contribution >= 4 is 11.6 Å². The quantitative estimate of drug-likeness (QED) is 0.790. The summed E-state index contributed by atoms with van der Waals surface area (Å²) in [6, 6.07) is 7.12. The van der Waals surface area contributed by atoms with E-state index in [4.69, 9.17) is 4.52 Å². The van der Waals surface area contributed by atoms with E-state index in [-0.39, 0.29) is 11.6 Å². The van der Waals surface area contributed by atoms with Crippen LogP contribution in [0.5, 0.6) is 0 Å². The van der Waals surface area contributed by atoms with Crippen LogP contribution in [0.3, 0.4) is 0 Å². The zero-order valence-electron chi connectivity index (χ0n) is 11.1. The lowest BCUT2D eigenvalue weighted by Crippen LogP contribution is -2.13. The van der Waals surface area contributed by atoms with Crippen LogP contribution in [0, 0.1) is 6.92 Å². The minimum Gasteiger partial charge on any atom is -0.339 e. The number of aromatic nitrogens is 4. The highest BCUT2D eigenvalue weighted by Gasteiger charge is 2.09. The Bertz CT molecular complexity index is 753. The fourth-order valence-electron chi connectivity index (χ4n) is 1.73. The molecule has 7 heteroatoms. The Hall–Kier alpha value is -3.09. The van der Waals surface area contributed by atoms with Crippen LogP contribution in [-0.4, -0.2) is 26.0 Å². The van der Waals surface area contributed by atoms with E-state index in [2.05, 4.69) is 25.4 Å². The number of aryl methyl sites for hydroxylation is 1. The monoisotopic (exact) mass is 281 g/mol. The number of nitrogens with zero attached hydrogens (tertiary/aromatic N) is 4. The second-order valence-corrected chi connectivity index (χ2v) is 4.26. The highest BCUT2D eigenvalue weighted by atomic mass is 16.5. The van der Waals surface area contributed by atoms with E-state index in [1.54, 1.807) is 31.2 Å². The highest BCUT2D eigenvalue weighted by molar-refractivity contribution is 6.02. The first kappa shape index (κ1) is 12.9. The largest absolute Gasteiger partial charge is 0.339 e. The second kappa shape index (κ2) is 5.49. The predicted molar refractivity (Wildman–Crippen MR) is 74.5 cm³/mol. The number of rotatable bonds is 3. The number of carbonyl (C=O) groups is 1. The number of nitrogens with one attached hydrogen (secondary N) is 1. The van der Waals surface area contributed by atoms with Crippen LogP contribution in [0.15, 0.2) is 47.4 Å². The molecule has 3 rings (SSSR count). The van der Waals surface area contributed by atoms with Crippen molar-refractivity contribution in [2.24, 2.45) is 0 Å². The summed E-state index contributed by atoms with van der Waals surface area (Å²) in [5.41, 5.74) is 1.72. The fraction of sp³-hybridized carbons (Fsp3) is 0.0714. The van der Waals surface area contributed by atoms with Crippen molar-refractivity contribution < 1.29 is 9.32 Å². The normalized spacial score (nSPS) is 10.3. The molecule has 0 aliphatic rings. The zero-order chi connectivity index (χ0) is 14.7. The van der Waals surface area contributed by atoms with Gasteiger partial charge in [-0.05, 0) is 24.3 Å². The van der Waals surface area contributed by atoms with E-state index in [1.165, 1.54) is 18.6 Å². The number of anilines is 1. The lowest BCUT2D eigenvalue weighted by Gasteiger charge is -2.04. The molecule has 0 saturated heterocycles. The summed E-state index contributed by atoms with van der Waals surface area (Å²) in [5.74, 6) is 0.704. The van der Waals surface area contributed by atoms with Gasteiger partial charge in [0.15, 0.2) is 0 Å². The van der Waals surface area contributed by atoms with Crippen LogP contribution in [0.2, 0.25) is 0 Å². The standard InChI is InChI=1S/C14H11N5O2/c1-9-17-13(19-21-9)10-2-4-11(5-3-10)18-14(20)12-8-15-6-7-16-12/h2-8H,1H3,(H,18,20). The van der Waals surface area contributed by atoms with E-state index in [0.29, 0.717) is 17.4 Å². The summed E-state index contributed by atoms with van der Waals surface area (Å²) in [4.78, 5) is 23.8. The molecule has 0 aliphatic heterocycles. The Kier molecular flexibility index (Phi) is 3.38. The lowest BCUT2D eigenvalue weighted by atomic mass is 10.2. The maximum absolute atomic E-state index is 11.9. The molecule has 104 valence electrons.